The first kappa shape index (κ1) is 49.9. The summed E-state index contributed by atoms with van der Waals surface area (Å²) in [6, 6.07) is 18.2. The van der Waals surface area contributed by atoms with Crippen LogP contribution in [0.25, 0.3) is 0 Å². The van der Waals surface area contributed by atoms with Crippen molar-refractivity contribution in [3.8, 4) is 0 Å². The average Bonchev–Trinajstić information content (AvgIpc) is 4.16. The van der Waals surface area contributed by atoms with Crippen LogP contribution < -0.4 is 10.6 Å². The molecule has 10 nitrogen and oxygen atoms in total. The Kier molecular flexibility index (Phi) is 15.0. The van der Waals surface area contributed by atoms with Gasteiger partial charge in [0, 0.05) is 11.4 Å². The molecule has 6 rings (SSSR count). The minimum atomic E-state index is -5.59. The summed E-state index contributed by atoms with van der Waals surface area (Å²) in [5.74, 6) is -0.512. The van der Waals surface area contributed by atoms with Crippen molar-refractivity contribution in [1.29, 1.82) is 0 Å². The quantitative estimate of drug-likeness (QED) is 0.0818. The Balaban J connectivity index is 0.000000241. The molecular weight excluding hydrogens is 915 g/mol. The van der Waals surface area contributed by atoms with Crippen molar-refractivity contribution < 1.29 is 80.5 Å². The summed E-state index contributed by atoms with van der Waals surface area (Å²) in [6.45, 7) is 0. The molecule has 0 bridgehead atoms. The van der Waals surface area contributed by atoms with E-state index < -0.39 is 79.0 Å². The predicted octanol–water partition coefficient (Wildman–Crippen LogP) is 8.13. The fourth-order valence-electron chi connectivity index (χ4n) is 6.23. The van der Waals surface area contributed by atoms with Gasteiger partial charge in [-0.2, -0.15) is 26.3 Å². The van der Waals surface area contributed by atoms with E-state index in [-0.39, 0.29) is 57.3 Å². The molecule has 64 heavy (non-hydrogen) atoms. The van der Waals surface area contributed by atoms with E-state index in [1.807, 2.05) is 0 Å². The highest BCUT2D eigenvalue weighted by Crippen LogP contribution is 2.45. The number of hydrogen-bond donors (Lipinski definition) is 4. The van der Waals surface area contributed by atoms with Crippen LogP contribution in [0.5, 0.6) is 0 Å². The molecule has 2 atom stereocenters. The number of hydrogen-bond acceptors (Lipinski definition) is 8. The molecule has 0 aromatic heterocycles. The summed E-state index contributed by atoms with van der Waals surface area (Å²) in [4.78, 5) is 24.7. The van der Waals surface area contributed by atoms with Crippen molar-refractivity contribution in [1.82, 2.24) is 0 Å². The van der Waals surface area contributed by atoms with Crippen molar-refractivity contribution in [2.24, 2.45) is 11.8 Å². The van der Waals surface area contributed by atoms with Gasteiger partial charge < -0.3 is 20.8 Å². The molecule has 4 aromatic rings. The fraction of sp³-hybridized carbons (Fsp3) is 0.381. The minimum Gasteiger partial charge on any atom is -0.372 e. The third kappa shape index (κ3) is 12.2. The van der Waals surface area contributed by atoms with Crippen LogP contribution in [0.4, 0.5) is 55.3 Å². The minimum absolute atomic E-state index is 0.0428. The summed E-state index contributed by atoms with van der Waals surface area (Å²) in [6.07, 6.45) is -16.1. The number of benzene rings is 4. The molecule has 0 saturated heterocycles. The summed E-state index contributed by atoms with van der Waals surface area (Å²) in [7, 11) is -6.76. The van der Waals surface area contributed by atoms with Crippen molar-refractivity contribution in [2.75, 3.05) is 22.1 Å². The first-order chi connectivity index (χ1) is 29.7. The van der Waals surface area contributed by atoms with Crippen LogP contribution in [0.1, 0.15) is 47.9 Å². The Labute approximate surface area is 360 Å². The maximum atomic E-state index is 12.9. The van der Waals surface area contributed by atoms with Gasteiger partial charge in [-0.1, -0.05) is 48.5 Å². The highest BCUT2D eigenvalue weighted by atomic mass is 32.2. The van der Waals surface area contributed by atoms with Crippen LogP contribution in [0.3, 0.4) is 0 Å². The van der Waals surface area contributed by atoms with Crippen LogP contribution in [0, 0.1) is 11.8 Å². The first-order valence-electron chi connectivity index (χ1n) is 19.2. The van der Waals surface area contributed by atoms with E-state index in [0.29, 0.717) is 35.4 Å². The van der Waals surface area contributed by atoms with Crippen molar-refractivity contribution in [2.45, 2.75) is 84.7 Å². The van der Waals surface area contributed by atoms with Gasteiger partial charge in [0.25, 0.3) is 12.9 Å². The van der Waals surface area contributed by atoms with E-state index in [9.17, 15) is 80.5 Å². The van der Waals surface area contributed by atoms with Crippen molar-refractivity contribution >= 4 is 42.9 Å². The topological polar surface area (TPSA) is 167 Å². The van der Waals surface area contributed by atoms with Crippen molar-refractivity contribution in [3.05, 3.63) is 119 Å². The van der Waals surface area contributed by atoms with Gasteiger partial charge in [-0.05, 0) is 108 Å². The number of sulfone groups is 2. The number of alkyl halides is 10. The van der Waals surface area contributed by atoms with Gasteiger partial charge in [0.05, 0.1) is 34.1 Å². The largest absolute Gasteiger partial charge is 0.427 e. The zero-order valence-corrected chi connectivity index (χ0v) is 34.8. The van der Waals surface area contributed by atoms with Gasteiger partial charge in [0.1, 0.15) is 0 Å². The van der Waals surface area contributed by atoms with E-state index in [1.54, 1.807) is 0 Å². The van der Waals surface area contributed by atoms with Crippen LogP contribution in [-0.4, -0.2) is 75.6 Å². The van der Waals surface area contributed by atoms with Crippen molar-refractivity contribution in [3.63, 3.8) is 0 Å². The standard InChI is InChI=1S/2C21H20F5NO4S/c2*22-19(23)20(29,21(24,25)26)15-5-7-16(8-6-15)27-18(28)11-13-3-9-17(10-4-13)32(30,31)12-14-1-2-14/h2*3-10,14,19,29H,1-2,11-12H2,(H,27,28)/t2*20-/m10/s1. The summed E-state index contributed by atoms with van der Waals surface area (Å²) >= 11 is 0. The highest BCUT2D eigenvalue weighted by Gasteiger charge is 2.62. The van der Waals surface area contributed by atoms with Gasteiger partial charge in [-0.3, -0.25) is 9.59 Å². The lowest BCUT2D eigenvalue weighted by molar-refractivity contribution is -0.305. The lowest BCUT2D eigenvalue weighted by atomic mass is 9.93. The predicted molar refractivity (Wildman–Crippen MR) is 212 cm³/mol. The highest BCUT2D eigenvalue weighted by molar-refractivity contribution is 7.91. The van der Waals surface area contributed by atoms with Gasteiger partial charge >= 0.3 is 12.4 Å². The SMILES string of the molecule is O=C(Cc1ccc(S(=O)(=O)CC2CC2)cc1)Nc1ccc([C@@](O)(C(F)F)C(F)(F)F)cc1.O=C(Cc1ccc(S(=O)(=O)CC2CC2)cc1)Nc1ccc([C@](O)(C(F)F)C(F)(F)F)cc1. The second-order valence-corrected chi connectivity index (χ2v) is 19.5. The summed E-state index contributed by atoms with van der Waals surface area (Å²) in [5, 5.41) is 23.8. The summed E-state index contributed by atoms with van der Waals surface area (Å²) in [5.41, 5.74) is -9.65. The molecule has 2 amide bonds. The van der Waals surface area contributed by atoms with E-state index in [2.05, 4.69) is 10.6 Å². The third-order valence-corrected chi connectivity index (χ3v) is 14.1. The molecule has 0 radical (unpaired) electrons. The average molecular weight is 955 g/mol. The smallest absolute Gasteiger partial charge is 0.372 e. The maximum Gasteiger partial charge on any atom is 0.427 e. The number of carbonyl (C=O) groups excluding carboxylic acids is 2. The Hall–Kier alpha value is -5.06. The molecule has 0 heterocycles. The van der Waals surface area contributed by atoms with Gasteiger partial charge in [0.15, 0.2) is 19.7 Å². The lowest BCUT2D eigenvalue weighted by Gasteiger charge is -2.30. The van der Waals surface area contributed by atoms with Crippen LogP contribution in [-0.2, 0) is 53.3 Å². The Bertz CT molecular complexity index is 2300. The Morgan fingerprint density at radius 3 is 1.03 bits per heavy atom. The van der Waals surface area contributed by atoms with Crippen LogP contribution in [0.15, 0.2) is 107 Å². The number of aliphatic hydroxyl groups is 2. The Morgan fingerprint density at radius 2 is 0.797 bits per heavy atom. The van der Waals surface area contributed by atoms with E-state index in [4.69, 9.17) is 0 Å². The second-order valence-electron chi connectivity index (χ2n) is 15.5. The number of rotatable bonds is 16. The molecule has 2 aliphatic carbocycles. The number of amides is 2. The normalized spacial score (nSPS) is 16.6. The van der Waals surface area contributed by atoms with E-state index >= 15 is 0 Å². The zero-order chi connectivity index (χ0) is 47.5. The third-order valence-electron chi connectivity index (χ3n) is 10.3. The molecule has 2 saturated carbocycles. The molecule has 2 fully saturated rings. The molecule has 2 aliphatic rings. The first-order valence-corrected chi connectivity index (χ1v) is 22.5. The monoisotopic (exact) mass is 954 g/mol. The van der Waals surface area contributed by atoms with E-state index in [0.717, 1.165) is 49.9 Å². The number of carbonyl (C=O) groups is 2. The zero-order valence-electron chi connectivity index (χ0n) is 33.1. The van der Waals surface area contributed by atoms with E-state index in [1.165, 1.54) is 48.5 Å². The number of nitrogens with one attached hydrogen (secondary N) is 2. The van der Waals surface area contributed by atoms with Gasteiger partial charge in [0.2, 0.25) is 23.0 Å². The molecular formula is C42H40F10N2O8S2. The molecule has 0 spiro atoms. The van der Waals surface area contributed by atoms with Crippen LogP contribution >= 0.6 is 0 Å². The maximum absolute atomic E-state index is 12.9. The molecule has 348 valence electrons. The summed E-state index contributed by atoms with van der Waals surface area (Å²) < 4.78 is 178. The molecule has 4 aromatic carbocycles. The molecule has 22 heteroatoms. The molecule has 0 aliphatic heterocycles. The van der Waals surface area contributed by atoms with Crippen LogP contribution in [0.2, 0.25) is 0 Å². The fourth-order valence-corrected chi connectivity index (χ4v) is 9.63. The lowest BCUT2D eigenvalue weighted by Crippen LogP contribution is -2.48. The Morgan fingerprint density at radius 1 is 0.516 bits per heavy atom. The molecule has 0 unspecified atom stereocenters. The molecule has 4 N–H and O–H groups in total. The second kappa shape index (κ2) is 19.2. The van der Waals surface area contributed by atoms with Gasteiger partial charge in [-0.15, -0.1) is 0 Å². The number of anilines is 2. The number of halogens is 10. The van der Waals surface area contributed by atoms with Gasteiger partial charge in [-0.25, -0.2) is 34.4 Å².